The van der Waals surface area contributed by atoms with E-state index in [2.05, 4.69) is 43.8 Å². The fourth-order valence-electron chi connectivity index (χ4n) is 3.43. The number of pyridine rings is 1. The van der Waals surface area contributed by atoms with Crippen molar-refractivity contribution in [2.75, 3.05) is 11.9 Å². The molecule has 0 aliphatic carbocycles. The van der Waals surface area contributed by atoms with E-state index in [0.717, 1.165) is 42.2 Å². The number of nitrogens with zero attached hydrogens (tertiary/aromatic N) is 4. The second kappa shape index (κ2) is 6.64. The Bertz CT molecular complexity index is 1140. The molecular weight excluding hydrogens is 360 g/mol. The zero-order valence-corrected chi connectivity index (χ0v) is 15.2. The van der Waals surface area contributed by atoms with Gasteiger partial charge in [-0.1, -0.05) is 23.7 Å². The Morgan fingerprint density at radius 1 is 1.07 bits per heavy atom. The first-order valence-corrected chi connectivity index (χ1v) is 9.21. The third-order valence-electron chi connectivity index (χ3n) is 4.73. The minimum Gasteiger partial charge on any atom is -0.324 e. The summed E-state index contributed by atoms with van der Waals surface area (Å²) in [6.07, 6.45) is 4.72. The lowest BCUT2D eigenvalue weighted by Crippen LogP contribution is -2.23. The number of anilines is 2. The van der Waals surface area contributed by atoms with Crippen molar-refractivity contribution in [3.05, 3.63) is 71.1 Å². The minimum absolute atomic E-state index is 0.422. The number of halogens is 1. The number of imidazole rings is 1. The van der Waals surface area contributed by atoms with Crippen molar-refractivity contribution >= 4 is 28.9 Å². The van der Waals surface area contributed by atoms with Crippen LogP contribution in [0.1, 0.15) is 11.1 Å². The van der Waals surface area contributed by atoms with Gasteiger partial charge in [0.2, 0.25) is 5.95 Å². The van der Waals surface area contributed by atoms with Crippen LogP contribution in [0.25, 0.3) is 17.0 Å². The van der Waals surface area contributed by atoms with Gasteiger partial charge in [-0.2, -0.15) is 0 Å². The molecule has 6 nitrogen and oxygen atoms in total. The molecule has 0 saturated carbocycles. The summed E-state index contributed by atoms with van der Waals surface area (Å²) in [5.74, 6) is 0.526. The fraction of sp³-hybridized carbons (Fsp3) is 0.150. The summed E-state index contributed by atoms with van der Waals surface area (Å²) in [5.41, 5.74) is 5.94. The summed E-state index contributed by atoms with van der Waals surface area (Å²) >= 11 is 6.37. The molecule has 4 aromatic rings. The highest BCUT2D eigenvalue weighted by Crippen LogP contribution is 2.28. The minimum atomic E-state index is 0.422. The van der Waals surface area contributed by atoms with Gasteiger partial charge in [0.1, 0.15) is 11.3 Å². The normalized spacial score (nSPS) is 13.5. The predicted octanol–water partition coefficient (Wildman–Crippen LogP) is 3.83. The summed E-state index contributed by atoms with van der Waals surface area (Å²) < 4.78 is 1.93. The molecule has 5 rings (SSSR count). The van der Waals surface area contributed by atoms with E-state index in [0.29, 0.717) is 11.1 Å². The molecule has 0 radical (unpaired) electrons. The Morgan fingerprint density at radius 2 is 2.04 bits per heavy atom. The van der Waals surface area contributed by atoms with Gasteiger partial charge in [0, 0.05) is 24.6 Å². The molecule has 0 bridgehead atoms. The number of hydrogen-bond acceptors (Lipinski definition) is 5. The van der Waals surface area contributed by atoms with Crippen molar-refractivity contribution in [3.63, 3.8) is 0 Å². The molecule has 0 unspecified atom stereocenters. The fourth-order valence-corrected chi connectivity index (χ4v) is 3.71. The van der Waals surface area contributed by atoms with E-state index >= 15 is 0 Å². The van der Waals surface area contributed by atoms with Crippen LogP contribution >= 0.6 is 11.6 Å². The first kappa shape index (κ1) is 16.2. The van der Waals surface area contributed by atoms with Gasteiger partial charge in [-0.15, -0.1) is 0 Å². The standard InChI is InChI=1S/C20H17ClN6/c21-19-18(27-10-2-1-3-17(27)26-19)16-7-9-23-20(25-16)24-15-5-4-13-6-8-22-12-14(13)11-15/h1-5,7,9-11,22H,6,8,12H2,(H,23,24,25). The Kier molecular flexibility index (Phi) is 3.99. The molecule has 3 aromatic heterocycles. The maximum Gasteiger partial charge on any atom is 0.227 e. The molecule has 1 aliphatic heterocycles. The highest BCUT2D eigenvalue weighted by molar-refractivity contribution is 6.32. The summed E-state index contributed by atoms with van der Waals surface area (Å²) in [5, 5.41) is 7.12. The number of aromatic nitrogens is 4. The maximum absolute atomic E-state index is 6.37. The highest BCUT2D eigenvalue weighted by Gasteiger charge is 2.15. The van der Waals surface area contributed by atoms with Crippen LogP contribution in [0, 0.1) is 0 Å². The van der Waals surface area contributed by atoms with E-state index in [-0.39, 0.29) is 0 Å². The smallest absolute Gasteiger partial charge is 0.227 e. The van der Waals surface area contributed by atoms with Crippen LogP contribution in [0.4, 0.5) is 11.6 Å². The van der Waals surface area contributed by atoms with Gasteiger partial charge in [0.15, 0.2) is 5.15 Å². The van der Waals surface area contributed by atoms with Crippen molar-refractivity contribution in [2.24, 2.45) is 0 Å². The topological polar surface area (TPSA) is 67.1 Å². The SMILES string of the molecule is Clc1nc2ccccn2c1-c1ccnc(Nc2ccc3c(c2)CNCC3)n1. The largest absolute Gasteiger partial charge is 0.324 e. The van der Waals surface area contributed by atoms with Crippen LogP contribution in [0.3, 0.4) is 0 Å². The average Bonchev–Trinajstić information content (AvgIpc) is 3.04. The Balaban J connectivity index is 1.50. The molecule has 0 amide bonds. The lowest BCUT2D eigenvalue weighted by Gasteiger charge is -2.18. The monoisotopic (exact) mass is 376 g/mol. The average molecular weight is 377 g/mol. The van der Waals surface area contributed by atoms with Crippen molar-refractivity contribution in [3.8, 4) is 11.4 Å². The van der Waals surface area contributed by atoms with Crippen molar-refractivity contribution < 1.29 is 0 Å². The van der Waals surface area contributed by atoms with E-state index in [9.17, 15) is 0 Å². The van der Waals surface area contributed by atoms with Gasteiger partial charge in [-0.25, -0.2) is 15.0 Å². The maximum atomic E-state index is 6.37. The number of benzene rings is 1. The number of fused-ring (bicyclic) bond motifs is 2. The van der Waals surface area contributed by atoms with E-state index in [1.54, 1.807) is 6.20 Å². The van der Waals surface area contributed by atoms with E-state index in [1.165, 1.54) is 11.1 Å². The number of hydrogen-bond donors (Lipinski definition) is 2. The third kappa shape index (κ3) is 3.03. The van der Waals surface area contributed by atoms with Gasteiger partial charge in [-0.05, 0) is 54.4 Å². The Morgan fingerprint density at radius 3 is 3.00 bits per heavy atom. The first-order chi connectivity index (χ1) is 13.3. The van der Waals surface area contributed by atoms with Gasteiger partial charge in [-0.3, -0.25) is 4.40 Å². The molecule has 0 spiro atoms. The highest BCUT2D eigenvalue weighted by atomic mass is 35.5. The van der Waals surface area contributed by atoms with E-state index in [4.69, 9.17) is 11.6 Å². The van der Waals surface area contributed by atoms with E-state index < -0.39 is 0 Å². The summed E-state index contributed by atoms with van der Waals surface area (Å²) in [7, 11) is 0. The summed E-state index contributed by atoms with van der Waals surface area (Å²) in [4.78, 5) is 13.4. The van der Waals surface area contributed by atoms with Crippen LogP contribution in [-0.4, -0.2) is 25.9 Å². The Labute approximate surface area is 161 Å². The van der Waals surface area contributed by atoms with Gasteiger partial charge < -0.3 is 10.6 Å². The molecule has 0 fully saturated rings. The molecule has 4 heterocycles. The van der Waals surface area contributed by atoms with Crippen LogP contribution in [0.5, 0.6) is 0 Å². The zero-order valence-electron chi connectivity index (χ0n) is 14.5. The quantitative estimate of drug-likeness (QED) is 0.568. The molecule has 7 heteroatoms. The van der Waals surface area contributed by atoms with Gasteiger partial charge in [0.25, 0.3) is 0 Å². The number of nitrogens with one attached hydrogen (secondary N) is 2. The zero-order chi connectivity index (χ0) is 18.2. The molecule has 1 aromatic carbocycles. The molecule has 0 saturated heterocycles. The van der Waals surface area contributed by atoms with Crippen LogP contribution in [0.15, 0.2) is 54.9 Å². The summed E-state index contributed by atoms with van der Waals surface area (Å²) in [6, 6.07) is 14.0. The Hall–Kier alpha value is -2.96. The lowest BCUT2D eigenvalue weighted by atomic mass is 10.0. The predicted molar refractivity (Wildman–Crippen MR) is 106 cm³/mol. The molecule has 2 N–H and O–H groups in total. The lowest BCUT2D eigenvalue weighted by molar-refractivity contribution is 0.644. The molecule has 0 atom stereocenters. The van der Waals surface area contributed by atoms with Crippen LogP contribution in [0.2, 0.25) is 5.15 Å². The molecule has 134 valence electrons. The molecular formula is C20H17ClN6. The summed E-state index contributed by atoms with van der Waals surface area (Å²) in [6.45, 7) is 1.92. The molecule has 1 aliphatic rings. The number of rotatable bonds is 3. The van der Waals surface area contributed by atoms with Crippen molar-refractivity contribution in [1.82, 2.24) is 24.7 Å². The van der Waals surface area contributed by atoms with Gasteiger partial charge in [0.05, 0.1) is 5.69 Å². The molecule has 27 heavy (non-hydrogen) atoms. The second-order valence-corrected chi connectivity index (χ2v) is 6.84. The van der Waals surface area contributed by atoms with Crippen molar-refractivity contribution in [1.29, 1.82) is 0 Å². The van der Waals surface area contributed by atoms with E-state index in [1.807, 2.05) is 34.9 Å². The first-order valence-electron chi connectivity index (χ1n) is 8.83. The third-order valence-corrected chi connectivity index (χ3v) is 5.00. The van der Waals surface area contributed by atoms with Crippen molar-refractivity contribution in [2.45, 2.75) is 13.0 Å². The van der Waals surface area contributed by atoms with Crippen LogP contribution < -0.4 is 10.6 Å². The second-order valence-electron chi connectivity index (χ2n) is 6.48. The van der Waals surface area contributed by atoms with Crippen LogP contribution in [-0.2, 0) is 13.0 Å². The van der Waals surface area contributed by atoms with Gasteiger partial charge >= 0.3 is 0 Å².